The van der Waals surface area contributed by atoms with Gasteiger partial charge in [-0.15, -0.1) is 0 Å². The van der Waals surface area contributed by atoms with Crippen LogP contribution in [0.4, 0.5) is 18.9 Å². The van der Waals surface area contributed by atoms with Crippen LogP contribution in [0.1, 0.15) is 78.2 Å². The predicted molar refractivity (Wildman–Crippen MR) is 167 cm³/mol. The van der Waals surface area contributed by atoms with Gasteiger partial charge in [0.2, 0.25) is 5.88 Å². The number of hydrogen-bond acceptors (Lipinski definition) is 7. The lowest BCUT2D eigenvalue weighted by molar-refractivity contribution is -0.141. The topological polar surface area (TPSA) is 96.8 Å². The van der Waals surface area contributed by atoms with E-state index in [-0.39, 0.29) is 18.2 Å². The molecule has 7 rings (SSSR count). The number of hydrogen-bond donors (Lipinski definition) is 1. The molecule has 2 aliphatic heterocycles. The van der Waals surface area contributed by atoms with E-state index >= 15 is 0 Å². The van der Waals surface area contributed by atoms with Gasteiger partial charge in [-0.2, -0.15) is 13.2 Å². The van der Waals surface area contributed by atoms with Crippen molar-refractivity contribution in [3.8, 4) is 17.0 Å². The Morgan fingerprint density at radius 3 is 2.48 bits per heavy atom. The number of aromatic nitrogens is 2. The maximum Gasteiger partial charge on any atom is 0.433 e. The lowest BCUT2D eigenvalue weighted by Crippen LogP contribution is -2.49. The normalized spacial score (nSPS) is 19.3. The molecule has 1 amide bonds. The number of ether oxygens (including phenoxy) is 1. The molecule has 0 bridgehead atoms. The molecule has 1 aromatic carbocycles. The monoisotopic (exact) mass is 631 g/mol. The highest BCUT2D eigenvalue weighted by Gasteiger charge is 2.47. The van der Waals surface area contributed by atoms with Crippen LogP contribution >= 0.6 is 0 Å². The molecule has 4 heterocycles. The van der Waals surface area contributed by atoms with Gasteiger partial charge < -0.3 is 19.7 Å². The van der Waals surface area contributed by atoms with Crippen LogP contribution in [0.5, 0.6) is 5.88 Å². The van der Waals surface area contributed by atoms with Crippen molar-refractivity contribution in [3.63, 3.8) is 0 Å². The number of nitrogens with zero attached hydrogens (tertiary/aromatic N) is 4. The minimum absolute atomic E-state index is 0.0499. The van der Waals surface area contributed by atoms with Crippen molar-refractivity contribution >= 4 is 23.7 Å². The fourth-order valence-electron chi connectivity index (χ4n) is 6.82. The molecule has 8 nitrogen and oxygen atoms in total. The summed E-state index contributed by atoms with van der Waals surface area (Å²) in [5.74, 6) is 1.21. The number of amides is 1. The fraction of sp³-hybridized carbons (Fsp3) is 0.457. The molecule has 240 valence electrons. The molecule has 0 unspecified atom stereocenters. The molecule has 46 heavy (non-hydrogen) atoms. The number of alkyl halides is 3. The first-order valence-electron chi connectivity index (χ1n) is 15.9. The zero-order chi connectivity index (χ0) is 32.2. The van der Waals surface area contributed by atoms with Crippen molar-refractivity contribution in [2.75, 3.05) is 25.1 Å². The number of rotatable bonds is 9. The van der Waals surface area contributed by atoms with Crippen molar-refractivity contribution in [1.82, 2.24) is 15.3 Å². The number of pyridine rings is 2. The molecule has 2 aromatic heterocycles. The first-order valence-corrected chi connectivity index (χ1v) is 15.9. The molecular formula is C35H36F3N5O3. The van der Waals surface area contributed by atoms with Crippen LogP contribution < -0.4 is 15.0 Å². The second-order valence-corrected chi connectivity index (χ2v) is 13.0. The van der Waals surface area contributed by atoms with E-state index in [4.69, 9.17) is 9.73 Å². The third-order valence-electron chi connectivity index (χ3n) is 9.65. The number of halogens is 3. The summed E-state index contributed by atoms with van der Waals surface area (Å²) >= 11 is 0. The molecule has 1 saturated heterocycles. The van der Waals surface area contributed by atoms with Gasteiger partial charge in [0.1, 0.15) is 23.4 Å². The Labute approximate surface area is 265 Å². The van der Waals surface area contributed by atoms with Gasteiger partial charge in [0.05, 0.1) is 18.5 Å². The second kappa shape index (κ2) is 11.5. The van der Waals surface area contributed by atoms with Crippen molar-refractivity contribution < 1.29 is 27.5 Å². The van der Waals surface area contributed by atoms with Crippen molar-refractivity contribution in [3.05, 3.63) is 70.2 Å². The SMILES string of the molecule is COc1nc(CC=O)cc(C)c1-c1ccc(CC2CC2)c(N2CCC3(CC2)N=C(c2ccc(C(F)(F)F)nc2C2CC2)NC3=O)c1. The van der Waals surface area contributed by atoms with Crippen molar-refractivity contribution in [2.45, 2.75) is 75.9 Å². The number of benzene rings is 1. The molecule has 4 aliphatic rings. The van der Waals surface area contributed by atoms with Crippen LogP contribution in [0.3, 0.4) is 0 Å². The summed E-state index contributed by atoms with van der Waals surface area (Å²) in [5.41, 5.74) is 4.81. The lowest BCUT2D eigenvalue weighted by atomic mass is 9.87. The number of amidine groups is 1. The Hall–Kier alpha value is -4.28. The van der Waals surface area contributed by atoms with Gasteiger partial charge in [-0.25, -0.2) is 9.97 Å². The van der Waals surface area contributed by atoms with Gasteiger partial charge in [-0.1, -0.05) is 12.1 Å². The summed E-state index contributed by atoms with van der Waals surface area (Å²) < 4.78 is 45.9. The number of aldehydes is 1. The molecule has 0 atom stereocenters. The van der Waals surface area contributed by atoms with E-state index in [1.807, 2.05) is 13.0 Å². The van der Waals surface area contributed by atoms with Crippen LogP contribution in [0.15, 0.2) is 41.4 Å². The van der Waals surface area contributed by atoms with Crippen LogP contribution in [-0.2, 0) is 28.6 Å². The number of aliphatic imine (C=N–C) groups is 1. The van der Waals surface area contributed by atoms with E-state index in [0.29, 0.717) is 60.5 Å². The molecular weight excluding hydrogens is 595 g/mol. The first-order chi connectivity index (χ1) is 22.1. The molecule has 2 aliphatic carbocycles. The number of carbonyl (C=O) groups excluding carboxylic acids is 2. The highest BCUT2D eigenvalue weighted by molar-refractivity contribution is 6.16. The predicted octanol–water partition coefficient (Wildman–Crippen LogP) is 5.97. The first kappa shape index (κ1) is 30.4. The van der Waals surface area contributed by atoms with E-state index in [0.717, 1.165) is 54.0 Å². The van der Waals surface area contributed by atoms with Gasteiger partial charge in [-0.3, -0.25) is 9.79 Å². The van der Waals surface area contributed by atoms with Gasteiger partial charge in [0.15, 0.2) is 0 Å². The smallest absolute Gasteiger partial charge is 0.433 e. The van der Waals surface area contributed by atoms with Gasteiger partial charge in [0, 0.05) is 42.2 Å². The Morgan fingerprint density at radius 1 is 1.07 bits per heavy atom. The van der Waals surface area contributed by atoms with E-state index in [1.165, 1.54) is 24.5 Å². The minimum Gasteiger partial charge on any atom is -0.481 e. The number of methoxy groups -OCH3 is 1. The quantitative estimate of drug-likeness (QED) is 0.293. The summed E-state index contributed by atoms with van der Waals surface area (Å²) in [7, 11) is 1.58. The molecule has 1 spiro atoms. The Balaban J connectivity index is 1.18. The maximum atomic E-state index is 13.5. The van der Waals surface area contributed by atoms with Crippen LogP contribution in [-0.4, -0.2) is 53.7 Å². The summed E-state index contributed by atoms with van der Waals surface area (Å²) in [4.78, 5) is 40.3. The van der Waals surface area contributed by atoms with Gasteiger partial charge in [0.25, 0.3) is 5.91 Å². The summed E-state index contributed by atoms with van der Waals surface area (Å²) in [5, 5.41) is 2.90. The van der Waals surface area contributed by atoms with Crippen LogP contribution in [0.2, 0.25) is 0 Å². The number of carbonyl (C=O) groups is 2. The average Bonchev–Trinajstić information content (AvgIpc) is 3.97. The molecule has 1 N–H and O–H groups in total. The number of nitrogens with one attached hydrogen (secondary N) is 1. The van der Waals surface area contributed by atoms with Gasteiger partial charge in [-0.05, 0) is 98.7 Å². The number of piperidine rings is 1. The van der Waals surface area contributed by atoms with Crippen molar-refractivity contribution in [1.29, 1.82) is 0 Å². The molecule has 0 radical (unpaired) electrons. The van der Waals surface area contributed by atoms with Crippen LogP contribution in [0, 0.1) is 12.8 Å². The number of aryl methyl sites for hydroxylation is 1. The Bertz CT molecular complexity index is 1740. The summed E-state index contributed by atoms with van der Waals surface area (Å²) in [6, 6.07) is 10.8. The second-order valence-electron chi connectivity index (χ2n) is 13.0. The van der Waals surface area contributed by atoms with Gasteiger partial charge >= 0.3 is 6.18 Å². The Morgan fingerprint density at radius 2 is 1.83 bits per heavy atom. The third-order valence-corrected chi connectivity index (χ3v) is 9.65. The zero-order valence-electron chi connectivity index (χ0n) is 25.9. The molecule has 3 fully saturated rings. The van der Waals surface area contributed by atoms with E-state index in [1.54, 1.807) is 7.11 Å². The zero-order valence-corrected chi connectivity index (χ0v) is 25.9. The van der Waals surface area contributed by atoms with E-state index < -0.39 is 17.4 Å². The lowest BCUT2D eigenvalue weighted by Gasteiger charge is -2.38. The highest BCUT2D eigenvalue weighted by atomic mass is 19.4. The Kier molecular flexibility index (Phi) is 7.60. The largest absolute Gasteiger partial charge is 0.481 e. The highest BCUT2D eigenvalue weighted by Crippen LogP contribution is 2.44. The van der Waals surface area contributed by atoms with Crippen LogP contribution in [0.25, 0.3) is 11.1 Å². The average molecular weight is 632 g/mol. The van der Waals surface area contributed by atoms with E-state index in [9.17, 15) is 22.8 Å². The standard InChI is InChI=1S/C35H36F3N5O3/c1-20-17-25(11-16-44)39-32(46-2)29(20)24-8-7-23(18-21-3-4-21)27(19-24)43-14-12-34(13-15-43)33(45)41-31(42-34)26-9-10-28(35(36,37)38)40-30(26)22-5-6-22/h7-10,16-17,19,21-22H,3-6,11-15,18H2,1-2H3,(H,41,42,45). The molecule has 11 heteroatoms. The molecule has 3 aromatic rings. The fourth-order valence-corrected chi connectivity index (χ4v) is 6.82. The van der Waals surface area contributed by atoms with E-state index in [2.05, 4.69) is 38.4 Å². The maximum absolute atomic E-state index is 13.5. The number of anilines is 1. The minimum atomic E-state index is -4.53. The summed E-state index contributed by atoms with van der Waals surface area (Å²) in [6.07, 6.45) is 2.44. The summed E-state index contributed by atoms with van der Waals surface area (Å²) in [6.45, 7) is 3.18. The third kappa shape index (κ3) is 5.76. The molecule has 2 saturated carbocycles. The van der Waals surface area contributed by atoms with Crippen molar-refractivity contribution in [2.24, 2.45) is 10.9 Å².